The van der Waals surface area contributed by atoms with Crippen molar-refractivity contribution in [1.29, 1.82) is 0 Å². The number of nitrogens with one attached hydrogen (secondary N) is 1. The summed E-state index contributed by atoms with van der Waals surface area (Å²) in [5, 5.41) is 2.81. The highest BCUT2D eigenvalue weighted by molar-refractivity contribution is 7.92. The van der Waals surface area contributed by atoms with Crippen molar-refractivity contribution in [3.8, 4) is 5.75 Å². The Labute approximate surface area is 161 Å². The van der Waals surface area contributed by atoms with Gasteiger partial charge in [0.25, 0.3) is 0 Å². The monoisotopic (exact) mass is 390 g/mol. The van der Waals surface area contributed by atoms with Crippen LogP contribution in [-0.2, 0) is 14.8 Å². The minimum atomic E-state index is -3.66. The maximum atomic E-state index is 13.0. The third-order valence-corrected chi connectivity index (χ3v) is 5.21. The molecule has 0 heterocycles. The van der Waals surface area contributed by atoms with Crippen molar-refractivity contribution < 1.29 is 17.9 Å². The number of amides is 1. The van der Waals surface area contributed by atoms with E-state index in [2.05, 4.69) is 5.32 Å². The molecule has 2 aromatic rings. The Bertz CT molecular complexity index is 896. The van der Waals surface area contributed by atoms with E-state index in [4.69, 9.17) is 4.74 Å². The number of ether oxygens (including phenoxy) is 1. The van der Waals surface area contributed by atoms with E-state index in [0.717, 1.165) is 11.8 Å². The van der Waals surface area contributed by atoms with Crippen molar-refractivity contribution in [2.24, 2.45) is 0 Å². The topological polar surface area (TPSA) is 75.7 Å². The van der Waals surface area contributed by atoms with E-state index < -0.39 is 22.0 Å². The van der Waals surface area contributed by atoms with Gasteiger partial charge in [-0.25, -0.2) is 8.42 Å². The minimum Gasteiger partial charge on any atom is -0.492 e. The number of rotatable bonds is 8. The van der Waals surface area contributed by atoms with Gasteiger partial charge in [0.1, 0.15) is 11.8 Å². The van der Waals surface area contributed by atoms with Gasteiger partial charge in [-0.3, -0.25) is 9.10 Å². The Kier molecular flexibility index (Phi) is 6.85. The summed E-state index contributed by atoms with van der Waals surface area (Å²) < 4.78 is 31.7. The summed E-state index contributed by atoms with van der Waals surface area (Å²) >= 11 is 0. The molecule has 1 atom stereocenters. The molecule has 0 aliphatic heterocycles. The summed E-state index contributed by atoms with van der Waals surface area (Å²) in [6.07, 6.45) is 1.43. The molecule has 0 aliphatic rings. The molecular weight excluding hydrogens is 364 g/mol. The van der Waals surface area contributed by atoms with Crippen LogP contribution in [0.3, 0.4) is 0 Å². The first-order valence-corrected chi connectivity index (χ1v) is 10.7. The first kappa shape index (κ1) is 20.8. The Hall–Kier alpha value is -2.54. The van der Waals surface area contributed by atoms with Crippen molar-refractivity contribution >= 4 is 27.3 Å². The van der Waals surface area contributed by atoms with Gasteiger partial charge in [-0.15, -0.1) is 0 Å². The third kappa shape index (κ3) is 5.23. The average molecular weight is 391 g/mol. The Balaban J connectivity index is 2.38. The van der Waals surface area contributed by atoms with Crippen molar-refractivity contribution in [1.82, 2.24) is 0 Å². The second kappa shape index (κ2) is 8.90. The fourth-order valence-electron chi connectivity index (χ4n) is 2.89. The SMILES string of the molecule is CCOc1ccccc1NC(=O)[C@@H](CC)N(c1cccc(C)c1)S(C)(=O)=O. The van der Waals surface area contributed by atoms with Gasteiger partial charge in [0.15, 0.2) is 0 Å². The number of hydrogen-bond acceptors (Lipinski definition) is 4. The predicted octanol–water partition coefficient (Wildman–Crippen LogP) is 3.58. The van der Waals surface area contributed by atoms with E-state index in [0.29, 0.717) is 30.2 Å². The van der Waals surface area contributed by atoms with Crippen LogP contribution in [0.15, 0.2) is 48.5 Å². The van der Waals surface area contributed by atoms with Crippen LogP contribution in [0.1, 0.15) is 25.8 Å². The first-order chi connectivity index (χ1) is 12.8. The Morgan fingerprint density at radius 1 is 1.15 bits per heavy atom. The van der Waals surface area contributed by atoms with Crippen LogP contribution in [0.25, 0.3) is 0 Å². The number of para-hydroxylation sites is 2. The van der Waals surface area contributed by atoms with Gasteiger partial charge in [-0.05, 0) is 50.1 Å². The molecule has 2 aromatic carbocycles. The van der Waals surface area contributed by atoms with E-state index >= 15 is 0 Å². The molecule has 0 fully saturated rings. The summed E-state index contributed by atoms with van der Waals surface area (Å²) in [5.41, 5.74) is 1.90. The highest BCUT2D eigenvalue weighted by Crippen LogP contribution is 2.27. The van der Waals surface area contributed by atoms with Crippen molar-refractivity contribution in [2.45, 2.75) is 33.2 Å². The molecule has 2 rings (SSSR count). The van der Waals surface area contributed by atoms with Gasteiger partial charge >= 0.3 is 0 Å². The van der Waals surface area contributed by atoms with Gasteiger partial charge in [-0.2, -0.15) is 0 Å². The van der Waals surface area contributed by atoms with Crippen molar-refractivity contribution in [3.05, 3.63) is 54.1 Å². The van der Waals surface area contributed by atoms with Crippen LogP contribution in [0, 0.1) is 6.92 Å². The lowest BCUT2D eigenvalue weighted by atomic mass is 10.1. The van der Waals surface area contributed by atoms with Crippen molar-refractivity contribution in [2.75, 3.05) is 22.5 Å². The molecule has 1 amide bonds. The van der Waals surface area contributed by atoms with Crippen LogP contribution in [0.4, 0.5) is 11.4 Å². The number of nitrogens with zero attached hydrogens (tertiary/aromatic N) is 1. The minimum absolute atomic E-state index is 0.323. The lowest BCUT2D eigenvalue weighted by Gasteiger charge is -2.30. The number of sulfonamides is 1. The molecule has 7 heteroatoms. The highest BCUT2D eigenvalue weighted by atomic mass is 32.2. The standard InChI is InChI=1S/C20H26N2O4S/c1-5-18(20(23)21-17-12-7-8-13-19(17)26-6-2)22(27(4,24)25)16-11-9-10-15(3)14-16/h7-14,18H,5-6H2,1-4H3,(H,21,23)/t18-/m1/s1. The Morgan fingerprint density at radius 2 is 1.85 bits per heavy atom. The van der Waals surface area contributed by atoms with E-state index in [9.17, 15) is 13.2 Å². The van der Waals surface area contributed by atoms with Crippen LogP contribution >= 0.6 is 0 Å². The van der Waals surface area contributed by atoms with Crippen LogP contribution < -0.4 is 14.4 Å². The molecule has 0 spiro atoms. The maximum Gasteiger partial charge on any atom is 0.248 e. The average Bonchev–Trinajstić information content (AvgIpc) is 2.60. The zero-order valence-electron chi connectivity index (χ0n) is 16.1. The second-order valence-electron chi connectivity index (χ2n) is 6.24. The zero-order valence-corrected chi connectivity index (χ0v) is 16.9. The van der Waals surface area contributed by atoms with E-state index in [-0.39, 0.29) is 0 Å². The largest absolute Gasteiger partial charge is 0.492 e. The zero-order chi connectivity index (χ0) is 20.0. The molecule has 1 N–H and O–H groups in total. The van der Waals surface area contributed by atoms with Crippen LogP contribution in [0.5, 0.6) is 5.75 Å². The summed E-state index contributed by atoms with van der Waals surface area (Å²) in [6, 6.07) is 13.3. The lowest BCUT2D eigenvalue weighted by Crippen LogP contribution is -2.47. The summed E-state index contributed by atoms with van der Waals surface area (Å²) in [6.45, 7) is 5.98. The number of carbonyl (C=O) groups is 1. The molecule has 0 bridgehead atoms. The number of benzene rings is 2. The number of hydrogen-bond donors (Lipinski definition) is 1. The number of anilines is 2. The van der Waals surface area contributed by atoms with E-state index in [1.807, 2.05) is 26.0 Å². The smallest absolute Gasteiger partial charge is 0.248 e. The molecule has 27 heavy (non-hydrogen) atoms. The summed E-state index contributed by atoms with van der Waals surface area (Å²) in [5.74, 6) is 0.140. The molecule has 0 radical (unpaired) electrons. The molecule has 0 saturated heterocycles. The molecule has 0 saturated carbocycles. The van der Waals surface area contributed by atoms with Gasteiger partial charge in [0.05, 0.1) is 24.2 Å². The maximum absolute atomic E-state index is 13.0. The quantitative estimate of drug-likeness (QED) is 0.748. The molecule has 0 aromatic heterocycles. The molecule has 146 valence electrons. The molecular formula is C20H26N2O4S. The number of carbonyl (C=O) groups excluding carboxylic acids is 1. The van der Waals surface area contributed by atoms with Crippen molar-refractivity contribution in [3.63, 3.8) is 0 Å². The molecule has 0 aliphatic carbocycles. The van der Waals surface area contributed by atoms with Crippen LogP contribution in [-0.4, -0.2) is 33.2 Å². The first-order valence-electron chi connectivity index (χ1n) is 8.86. The van der Waals surface area contributed by atoms with Crippen LogP contribution in [0.2, 0.25) is 0 Å². The molecule has 6 nitrogen and oxygen atoms in total. The van der Waals surface area contributed by atoms with E-state index in [1.165, 1.54) is 4.31 Å². The second-order valence-corrected chi connectivity index (χ2v) is 8.10. The van der Waals surface area contributed by atoms with Gasteiger partial charge < -0.3 is 10.1 Å². The highest BCUT2D eigenvalue weighted by Gasteiger charge is 2.31. The van der Waals surface area contributed by atoms with Gasteiger partial charge in [0.2, 0.25) is 15.9 Å². The van der Waals surface area contributed by atoms with Gasteiger partial charge in [-0.1, -0.05) is 31.2 Å². The number of aryl methyl sites for hydroxylation is 1. The predicted molar refractivity (Wildman–Crippen MR) is 109 cm³/mol. The fourth-order valence-corrected chi connectivity index (χ4v) is 4.10. The van der Waals surface area contributed by atoms with Gasteiger partial charge in [0, 0.05) is 0 Å². The normalized spacial score (nSPS) is 12.3. The lowest BCUT2D eigenvalue weighted by molar-refractivity contribution is -0.117. The fraction of sp³-hybridized carbons (Fsp3) is 0.350. The summed E-state index contributed by atoms with van der Waals surface area (Å²) in [4.78, 5) is 13.0. The molecule has 0 unspecified atom stereocenters. The van der Waals surface area contributed by atoms with E-state index in [1.54, 1.807) is 43.3 Å². The summed E-state index contributed by atoms with van der Waals surface area (Å²) in [7, 11) is -3.66. The Morgan fingerprint density at radius 3 is 2.44 bits per heavy atom. The third-order valence-electron chi connectivity index (χ3n) is 4.03.